The van der Waals surface area contributed by atoms with Gasteiger partial charge >= 0.3 is 6.18 Å². The first-order valence-electron chi connectivity index (χ1n) is 8.83. The van der Waals surface area contributed by atoms with Gasteiger partial charge < -0.3 is 16.0 Å². The van der Waals surface area contributed by atoms with Crippen LogP contribution in [0.25, 0.3) is 0 Å². The summed E-state index contributed by atoms with van der Waals surface area (Å²) in [6.07, 6.45) is -3.76. The smallest absolute Gasteiger partial charge is 0.399 e. The van der Waals surface area contributed by atoms with E-state index in [9.17, 15) is 22.4 Å². The van der Waals surface area contributed by atoms with Crippen LogP contribution >= 0.6 is 11.6 Å². The van der Waals surface area contributed by atoms with Gasteiger partial charge in [-0.05, 0) is 36.8 Å². The first-order valence-corrected chi connectivity index (χ1v) is 9.20. The Morgan fingerprint density at radius 3 is 2.69 bits per heavy atom. The fraction of sp³-hybridized carbons (Fsp3) is 0.368. The number of amidine groups is 1. The molecule has 29 heavy (non-hydrogen) atoms. The van der Waals surface area contributed by atoms with E-state index in [2.05, 4.69) is 10.3 Å². The molecule has 1 aromatic rings. The van der Waals surface area contributed by atoms with Gasteiger partial charge in [-0.3, -0.25) is 9.79 Å². The van der Waals surface area contributed by atoms with Crippen LogP contribution in [0, 0.1) is 0 Å². The summed E-state index contributed by atoms with van der Waals surface area (Å²) in [5.41, 5.74) is 6.48. The van der Waals surface area contributed by atoms with Crippen molar-refractivity contribution in [2.45, 2.75) is 25.7 Å². The van der Waals surface area contributed by atoms with E-state index in [4.69, 9.17) is 17.3 Å². The van der Waals surface area contributed by atoms with E-state index in [0.717, 1.165) is 12.1 Å². The Morgan fingerprint density at radius 1 is 1.34 bits per heavy atom. The molecule has 1 aromatic carbocycles. The summed E-state index contributed by atoms with van der Waals surface area (Å²) >= 11 is 5.76. The lowest BCUT2D eigenvalue weighted by Crippen LogP contribution is -2.42. The number of hydrogen-bond donors (Lipinski definition) is 2. The molecule has 2 aliphatic rings. The van der Waals surface area contributed by atoms with Crippen LogP contribution in [0.3, 0.4) is 0 Å². The molecule has 1 amide bonds. The quantitative estimate of drug-likeness (QED) is 0.703. The fourth-order valence-corrected chi connectivity index (χ4v) is 3.30. The van der Waals surface area contributed by atoms with Crippen LogP contribution in [-0.4, -0.2) is 42.4 Å². The van der Waals surface area contributed by atoms with Crippen molar-refractivity contribution in [1.29, 1.82) is 0 Å². The van der Waals surface area contributed by atoms with Crippen molar-refractivity contribution in [3.05, 3.63) is 57.4 Å². The summed E-state index contributed by atoms with van der Waals surface area (Å²) in [6.45, 7) is 1.98. The highest BCUT2D eigenvalue weighted by Gasteiger charge is 2.32. The molecule has 156 valence electrons. The van der Waals surface area contributed by atoms with Crippen molar-refractivity contribution < 1.29 is 22.4 Å². The molecular weight excluding hydrogens is 412 g/mol. The van der Waals surface area contributed by atoms with Crippen molar-refractivity contribution in [3.63, 3.8) is 0 Å². The number of alkyl halides is 4. The van der Waals surface area contributed by atoms with Crippen molar-refractivity contribution in [1.82, 2.24) is 10.2 Å². The Bertz CT molecular complexity index is 923. The van der Waals surface area contributed by atoms with Crippen molar-refractivity contribution in [2.24, 2.45) is 10.7 Å². The molecule has 0 aliphatic carbocycles. The molecule has 0 fully saturated rings. The van der Waals surface area contributed by atoms with E-state index < -0.39 is 23.8 Å². The van der Waals surface area contributed by atoms with Gasteiger partial charge in [0.25, 0.3) is 5.91 Å². The van der Waals surface area contributed by atoms with Crippen LogP contribution < -0.4 is 11.1 Å². The average molecular weight is 431 g/mol. The van der Waals surface area contributed by atoms with Gasteiger partial charge in [-0.1, -0.05) is 11.6 Å². The topological polar surface area (TPSA) is 70.7 Å². The molecule has 0 spiro atoms. The predicted molar refractivity (Wildman–Crippen MR) is 102 cm³/mol. The highest BCUT2D eigenvalue weighted by molar-refractivity contribution is 6.31. The standard InChI is InChI=1S/C19H19ClF4N4O/c1-10-4-17(26-8-14(10)21)27-16-2-3-28(9-15(16)25)18(29)11-5-12(19(22,23)24)7-13(20)6-11/h4-7,14H,2-3,8-9,25H2,1H3,(H,26,27). The largest absolute Gasteiger partial charge is 0.416 e. The Labute approximate surface area is 169 Å². The Morgan fingerprint density at radius 2 is 2.07 bits per heavy atom. The molecule has 0 aromatic heterocycles. The second-order valence-corrected chi connectivity index (χ2v) is 7.35. The van der Waals surface area contributed by atoms with Gasteiger partial charge in [-0.15, -0.1) is 0 Å². The summed E-state index contributed by atoms with van der Waals surface area (Å²) in [6, 6.07) is 2.75. The molecule has 2 aliphatic heterocycles. The highest BCUT2D eigenvalue weighted by Crippen LogP contribution is 2.32. The SMILES string of the molecule is CC1=CC(NC2=C(N)CN(C(=O)c3cc(Cl)cc(C(F)(F)F)c3)CC2)=NCC1F. The van der Waals surface area contributed by atoms with Crippen LogP contribution in [0.2, 0.25) is 5.02 Å². The number of dihydropyridines is 1. The van der Waals surface area contributed by atoms with Crippen molar-refractivity contribution in [3.8, 4) is 0 Å². The first kappa shape index (κ1) is 21.2. The molecule has 1 atom stereocenters. The van der Waals surface area contributed by atoms with Crippen LogP contribution in [0.15, 0.2) is 46.2 Å². The maximum absolute atomic E-state index is 13.5. The van der Waals surface area contributed by atoms with E-state index in [0.29, 0.717) is 29.2 Å². The molecule has 0 saturated carbocycles. The Kier molecular flexibility index (Phi) is 5.88. The van der Waals surface area contributed by atoms with E-state index in [1.165, 1.54) is 11.0 Å². The lowest BCUT2D eigenvalue weighted by atomic mass is 10.1. The minimum absolute atomic E-state index is 0.0266. The number of benzene rings is 1. The van der Waals surface area contributed by atoms with Gasteiger partial charge in [-0.2, -0.15) is 13.2 Å². The molecule has 3 rings (SSSR count). The summed E-state index contributed by atoms with van der Waals surface area (Å²) in [5.74, 6) is -0.107. The van der Waals surface area contributed by atoms with Crippen LogP contribution in [0.4, 0.5) is 17.6 Å². The van der Waals surface area contributed by atoms with Crippen LogP contribution in [-0.2, 0) is 6.18 Å². The highest BCUT2D eigenvalue weighted by atomic mass is 35.5. The summed E-state index contributed by atoms with van der Waals surface area (Å²) < 4.78 is 52.4. The number of hydrogen-bond acceptors (Lipinski definition) is 4. The van der Waals surface area contributed by atoms with Crippen LogP contribution in [0.1, 0.15) is 29.3 Å². The molecule has 0 bridgehead atoms. The monoisotopic (exact) mass is 430 g/mol. The zero-order chi connectivity index (χ0) is 21.3. The van der Waals surface area contributed by atoms with Crippen molar-refractivity contribution in [2.75, 3.05) is 19.6 Å². The van der Waals surface area contributed by atoms with Gasteiger partial charge in [0.2, 0.25) is 0 Å². The van der Waals surface area contributed by atoms with E-state index in [1.54, 1.807) is 13.0 Å². The minimum atomic E-state index is -4.61. The molecule has 10 heteroatoms. The number of nitrogens with two attached hydrogens (primary N) is 1. The zero-order valence-corrected chi connectivity index (χ0v) is 16.2. The molecule has 3 N–H and O–H groups in total. The number of nitrogens with one attached hydrogen (secondary N) is 1. The zero-order valence-electron chi connectivity index (χ0n) is 15.5. The predicted octanol–water partition coefficient (Wildman–Crippen LogP) is 3.66. The third-order valence-corrected chi connectivity index (χ3v) is 4.92. The molecule has 0 saturated heterocycles. The first-order chi connectivity index (χ1) is 13.5. The molecule has 5 nitrogen and oxygen atoms in total. The molecule has 0 radical (unpaired) electrons. The minimum Gasteiger partial charge on any atom is -0.399 e. The number of halogens is 5. The number of amides is 1. The maximum Gasteiger partial charge on any atom is 0.416 e. The molecule has 1 unspecified atom stereocenters. The third kappa shape index (κ3) is 4.90. The van der Waals surface area contributed by atoms with Crippen molar-refractivity contribution >= 4 is 23.3 Å². The molecule has 2 heterocycles. The lowest BCUT2D eigenvalue weighted by molar-refractivity contribution is -0.137. The molecular formula is C19H19ClF4N4O. The number of aliphatic imine (C=N–C) groups is 1. The second-order valence-electron chi connectivity index (χ2n) is 6.91. The second kappa shape index (κ2) is 8.06. The van der Waals surface area contributed by atoms with Gasteiger partial charge in [0.1, 0.15) is 12.0 Å². The number of rotatable bonds is 2. The van der Waals surface area contributed by atoms with Crippen LogP contribution in [0.5, 0.6) is 0 Å². The van der Waals surface area contributed by atoms with Gasteiger partial charge in [0.05, 0.1) is 18.7 Å². The van der Waals surface area contributed by atoms with E-state index in [1.807, 2.05) is 0 Å². The maximum atomic E-state index is 13.5. The Hall–Kier alpha value is -2.55. The average Bonchev–Trinajstić information content (AvgIpc) is 2.64. The fourth-order valence-electron chi connectivity index (χ4n) is 3.07. The van der Waals surface area contributed by atoms with E-state index >= 15 is 0 Å². The number of carbonyl (C=O) groups excluding carboxylic acids is 1. The lowest BCUT2D eigenvalue weighted by Gasteiger charge is -2.30. The Balaban J connectivity index is 1.74. The third-order valence-electron chi connectivity index (χ3n) is 4.70. The van der Waals surface area contributed by atoms with E-state index in [-0.39, 0.29) is 30.2 Å². The van der Waals surface area contributed by atoms with Gasteiger partial charge in [-0.25, -0.2) is 4.39 Å². The summed E-state index contributed by atoms with van der Waals surface area (Å²) in [5, 5.41) is 2.88. The summed E-state index contributed by atoms with van der Waals surface area (Å²) in [7, 11) is 0. The number of nitrogens with zero attached hydrogens (tertiary/aromatic N) is 2. The normalized spacial score (nSPS) is 20.3. The van der Waals surface area contributed by atoms with Gasteiger partial charge in [0, 0.05) is 34.9 Å². The van der Waals surface area contributed by atoms with Gasteiger partial charge in [0.15, 0.2) is 0 Å². The number of carbonyl (C=O) groups is 1. The summed E-state index contributed by atoms with van der Waals surface area (Å²) in [4.78, 5) is 18.1.